The lowest BCUT2D eigenvalue weighted by atomic mass is 9.99. The molecule has 0 fully saturated rings. The van der Waals surface area contributed by atoms with Gasteiger partial charge in [-0.3, -0.25) is 9.59 Å². The number of allylic oxidation sites excluding steroid dienone is 1. The molecular weight excluding hydrogens is 616 g/mol. The van der Waals surface area contributed by atoms with Crippen LogP contribution in [0.3, 0.4) is 0 Å². The molecule has 0 spiro atoms. The number of carbonyl (C=O) groups excluding carboxylic acids is 2. The SMILES string of the molecule is CCc1ccc(-c2cc(/C=C/C(C)=O)c(O)c(F)c2F)cc1.CCc1ccc(-c2cc(C=O)c(OCOCCOC)c(F)c2F)cc1. The van der Waals surface area contributed by atoms with Crippen LogP contribution in [-0.4, -0.2) is 44.3 Å². The van der Waals surface area contributed by atoms with Crippen LogP contribution in [-0.2, 0) is 27.1 Å². The first kappa shape index (κ1) is 36.7. The van der Waals surface area contributed by atoms with Gasteiger partial charge in [0.1, 0.15) is 0 Å². The number of carbonyl (C=O) groups is 2. The van der Waals surface area contributed by atoms with Crippen molar-refractivity contribution in [3.8, 4) is 33.8 Å². The summed E-state index contributed by atoms with van der Waals surface area (Å²) >= 11 is 0. The summed E-state index contributed by atoms with van der Waals surface area (Å²) in [5, 5.41) is 9.67. The van der Waals surface area contributed by atoms with E-state index < -0.39 is 34.8 Å². The zero-order valence-electron chi connectivity index (χ0n) is 26.5. The second-order valence-corrected chi connectivity index (χ2v) is 10.3. The predicted molar refractivity (Wildman–Crippen MR) is 172 cm³/mol. The molecular formula is C37H36F4O6. The fourth-order valence-electron chi connectivity index (χ4n) is 4.40. The van der Waals surface area contributed by atoms with Crippen molar-refractivity contribution in [2.75, 3.05) is 27.1 Å². The van der Waals surface area contributed by atoms with Gasteiger partial charge in [0.05, 0.1) is 18.8 Å². The number of ether oxygens (including phenoxy) is 3. The van der Waals surface area contributed by atoms with Crippen molar-refractivity contribution in [2.24, 2.45) is 0 Å². The van der Waals surface area contributed by atoms with Gasteiger partial charge >= 0.3 is 0 Å². The minimum atomic E-state index is -1.32. The number of hydrogen-bond acceptors (Lipinski definition) is 6. The molecule has 10 heteroatoms. The van der Waals surface area contributed by atoms with Gasteiger partial charge in [-0.25, -0.2) is 8.78 Å². The average Bonchev–Trinajstić information content (AvgIpc) is 3.09. The molecule has 0 aliphatic heterocycles. The third-order valence-electron chi connectivity index (χ3n) is 7.09. The van der Waals surface area contributed by atoms with Crippen molar-refractivity contribution in [1.29, 1.82) is 0 Å². The maximum atomic E-state index is 14.4. The predicted octanol–water partition coefficient (Wildman–Crippen LogP) is 8.51. The largest absolute Gasteiger partial charge is 0.504 e. The normalized spacial score (nSPS) is 10.9. The van der Waals surface area contributed by atoms with Gasteiger partial charge in [-0.1, -0.05) is 62.4 Å². The van der Waals surface area contributed by atoms with Gasteiger partial charge in [0.25, 0.3) is 0 Å². The number of aromatic hydroxyl groups is 1. The summed E-state index contributed by atoms with van der Waals surface area (Å²) in [5.41, 5.74) is 3.18. The van der Waals surface area contributed by atoms with Crippen LogP contribution in [0.25, 0.3) is 28.3 Å². The van der Waals surface area contributed by atoms with Crippen molar-refractivity contribution < 1.29 is 46.5 Å². The van der Waals surface area contributed by atoms with Crippen LogP contribution < -0.4 is 4.74 Å². The molecule has 4 rings (SSSR count). The van der Waals surface area contributed by atoms with Gasteiger partial charge in [0.15, 0.2) is 42.0 Å². The molecule has 0 radical (unpaired) electrons. The Kier molecular flexibility index (Phi) is 13.9. The van der Waals surface area contributed by atoms with Gasteiger partial charge in [-0.2, -0.15) is 8.78 Å². The minimum Gasteiger partial charge on any atom is -0.504 e. The molecule has 0 aromatic heterocycles. The molecule has 0 aliphatic carbocycles. The fraction of sp³-hybridized carbons (Fsp3) is 0.243. The molecule has 0 aliphatic rings. The summed E-state index contributed by atoms with van der Waals surface area (Å²) in [4.78, 5) is 22.2. The van der Waals surface area contributed by atoms with E-state index in [1.807, 2.05) is 38.1 Å². The molecule has 4 aromatic carbocycles. The number of ketones is 1. The zero-order valence-corrected chi connectivity index (χ0v) is 26.5. The van der Waals surface area contributed by atoms with E-state index in [1.165, 1.54) is 38.3 Å². The first-order valence-electron chi connectivity index (χ1n) is 14.8. The Hall–Kier alpha value is -4.80. The molecule has 0 heterocycles. The van der Waals surface area contributed by atoms with E-state index in [9.17, 15) is 32.3 Å². The Morgan fingerprint density at radius 1 is 0.766 bits per heavy atom. The molecule has 0 saturated heterocycles. The molecule has 0 unspecified atom stereocenters. The lowest BCUT2D eigenvalue weighted by Gasteiger charge is -2.13. The highest BCUT2D eigenvalue weighted by Crippen LogP contribution is 2.34. The minimum absolute atomic E-state index is 0.00917. The summed E-state index contributed by atoms with van der Waals surface area (Å²) in [6.07, 6.45) is 4.57. The monoisotopic (exact) mass is 652 g/mol. The summed E-state index contributed by atoms with van der Waals surface area (Å²) in [7, 11) is 1.51. The van der Waals surface area contributed by atoms with Crippen molar-refractivity contribution in [3.63, 3.8) is 0 Å². The van der Waals surface area contributed by atoms with Crippen LogP contribution >= 0.6 is 0 Å². The molecule has 0 amide bonds. The van der Waals surface area contributed by atoms with Crippen molar-refractivity contribution in [1.82, 2.24) is 0 Å². The van der Waals surface area contributed by atoms with Gasteiger partial charge in [-0.15, -0.1) is 0 Å². The molecule has 0 bridgehead atoms. The molecule has 248 valence electrons. The lowest BCUT2D eigenvalue weighted by molar-refractivity contribution is -0.112. The highest BCUT2D eigenvalue weighted by Gasteiger charge is 2.21. The quantitative estimate of drug-likeness (QED) is 0.0513. The lowest BCUT2D eigenvalue weighted by Crippen LogP contribution is -2.10. The van der Waals surface area contributed by atoms with E-state index in [2.05, 4.69) is 0 Å². The number of phenolic OH excluding ortho intramolecular Hbond substituents is 1. The highest BCUT2D eigenvalue weighted by molar-refractivity contribution is 5.92. The zero-order chi connectivity index (χ0) is 34.5. The number of aldehydes is 1. The van der Waals surface area contributed by atoms with Crippen LogP contribution in [0.1, 0.15) is 47.8 Å². The number of benzene rings is 4. The Bertz CT molecular complexity index is 1700. The molecule has 47 heavy (non-hydrogen) atoms. The number of methoxy groups -OCH3 is 1. The van der Waals surface area contributed by atoms with Crippen LogP contribution in [0.15, 0.2) is 66.7 Å². The summed E-state index contributed by atoms with van der Waals surface area (Å²) in [6, 6.07) is 16.7. The summed E-state index contributed by atoms with van der Waals surface area (Å²) in [6.45, 7) is 5.59. The second-order valence-electron chi connectivity index (χ2n) is 10.3. The Balaban J connectivity index is 0.000000257. The van der Waals surface area contributed by atoms with Crippen LogP contribution in [0.5, 0.6) is 11.5 Å². The standard InChI is InChI=1S/C19H20F2O4.C18H16F2O2/c1-3-13-4-6-14(7-5-13)16-10-15(11-22)19(18(21)17(16)20)25-12-24-9-8-23-2;1-3-12-5-8-13(9-6-12)15-10-14(7-4-11(2)21)18(22)17(20)16(15)19/h4-7,10-11H,3,8-9,12H2,1-2H3;4-10,22H,3H2,1-2H3/b;7-4+. The summed E-state index contributed by atoms with van der Waals surface area (Å²) in [5.74, 6) is -6.22. The Morgan fingerprint density at radius 3 is 1.74 bits per heavy atom. The molecule has 0 atom stereocenters. The third kappa shape index (κ3) is 9.60. The van der Waals surface area contributed by atoms with E-state index in [1.54, 1.807) is 24.3 Å². The maximum Gasteiger partial charge on any atom is 0.202 e. The maximum absolute atomic E-state index is 14.4. The number of halogens is 4. The molecule has 1 N–H and O–H groups in total. The van der Waals surface area contributed by atoms with E-state index >= 15 is 0 Å². The van der Waals surface area contributed by atoms with Gasteiger partial charge in [-0.05, 0) is 66.3 Å². The number of hydrogen-bond donors (Lipinski definition) is 1. The molecule has 0 saturated carbocycles. The second kappa shape index (κ2) is 17.8. The third-order valence-corrected chi connectivity index (χ3v) is 7.09. The van der Waals surface area contributed by atoms with Gasteiger partial charge in [0.2, 0.25) is 11.6 Å². The van der Waals surface area contributed by atoms with Crippen molar-refractivity contribution in [2.45, 2.75) is 33.6 Å². The van der Waals surface area contributed by atoms with E-state index in [-0.39, 0.29) is 41.4 Å². The average molecular weight is 653 g/mol. The smallest absolute Gasteiger partial charge is 0.202 e. The van der Waals surface area contributed by atoms with Gasteiger partial charge in [0, 0.05) is 23.8 Å². The Morgan fingerprint density at radius 2 is 1.28 bits per heavy atom. The summed E-state index contributed by atoms with van der Waals surface area (Å²) < 4.78 is 71.7. The topological polar surface area (TPSA) is 82.1 Å². The number of aryl methyl sites for hydroxylation is 2. The number of rotatable bonds is 13. The van der Waals surface area contributed by atoms with Crippen molar-refractivity contribution in [3.05, 3.63) is 112 Å². The van der Waals surface area contributed by atoms with E-state index in [4.69, 9.17) is 14.2 Å². The van der Waals surface area contributed by atoms with E-state index in [0.717, 1.165) is 24.0 Å². The van der Waals surface area contributed by atoms with Crippen LogP contribution in [0.2, 0.25) is 0 Å². The molecule has 4 aromatic rings. The fourth-order valence-corrected chi connectivity index (χ4v) is 4.40. The Labute approximate surface area is 271 Å². The molecule has 6 nitrogen and oxygen atoms in total. The highest BCUT2D eigenvalue weighted by atomic mass is 19.2. The van der Waals surface area contributed by atoms with Gasteiger partial charge < -0.3 is 19.3 Å². The van der Waals surface area contributed by atoms with Crippen molar-refractivity contribution >= 4 is 18.1 Å². The first-order valence-corrected chi connectivity index (χ1v) is 14.8. The van der Waals surface area contributed by atoms with E-state index in [0.29, 0.717) is 24.0 Å². The van der Waals surface area contributed by atoms with Crippen LogP contribution in [0.4, 0.5) is 17.6 Å². The number of phenols is 1. The first-order chi connectivity index (χ1) is 22.6. The van der Waals surface area contributed by atoms with Crippen LogP contribution in [0, 0.1) is 23.3 Å².